The predicted molar refractivity (Wildman–Crippen MR) is 62.1 cm³/mol. The molecule has 0 amide bonds. The fourth-order valence-electron chi connectivity index (χ4n) is 1.95. The van der Waals surface area contributed by atoms with Crippen molar-refractivity contribution in [1.82, 2.24) is 15.3 Å². The largest absolute Gasteiger partial charge is 0.378 e. The summed E-state index contributed by atoms with van der Waals surface area (Å²) in [5.41, 5.74) is 1.12. The van der Waals surface area contributed by atoms with Crippen molar-refractivity contribution >= 4 is 0 Å². The zero-order valence-electron chi connectivity index (χ0n) is 9.78. The minimum atomic E-state index is 0.323. The van der Waals surface area contributed by atoms with Gasteiger partial charge in [-0.05, 0) is 26.3 Å². The Morgan fingerprint density at radius 2 is 2.19 bits per heavy atom. The van der Waals surface area contributed by atoms with Crippen molar-refractivity contribution in [3.63, 3.8) is 0 Å². The van der Waals surface area contributed by atoms with Gasteiger partial charge in [-0.15, -0.1) is 0 Å². The first-order valence-corrected chi connectivity index (χ1v) is 5.94. The number of nitrogens with one attached hydrogen (secondary N) is 1. The highest BCUT2D eigenvalue weighted by Gasteiger charge is 2.15. The lowest BCUT2D eigenvalue weighted by Crippen LogP contribution is -2.22. The molecular weight excluding hydrogens is 202 g/mol. The van der Waals surface area contributed by atoms with E-state index in [0.29, 0.717) is 6.10 Å². The maximum atomic E-state index is 5.67. The van der Waals surface area contributed by atoms with Gasteiger partial charge in [0, 0.05) is 37.5 Å². The van der Waals surface area contributed by atoms with Crippen molar-refractivity contribution in [2.75, 3.05) is 13.7 Å². The number of aromatic nitrogens is 2. The summed E-state index contributed by atoms with van der Waals surface area (Å²) in [6.45, 7) is 1.71. The van der Waals surface area contributed by atoms with Gasteiger partial charge in [0.1, 0.15) is 5.82 Å². The lowest BCUT2D eigenvalue weighted by Gasteiger charge is -2.21. The number of hydrogen-bond acceptors (Lipinski definition) is 4. The van der Waals surface area contributed by atoms with Gasteiger partial charge in [0.2, 0.25) is 0 Å². The molecule has 88 valence electrons. The summed E-state index contributed by atoms with van der Waals surface area (Å²) in [4.78, 5) is 8.72. The fraction of sp³-hybridized carbons (Fsp3) is 0.667. The number of hydrogen-bond donors (Lipinski definition) is 1. The standard InChI is InChI=1S/C12H19N3O/c1-13-7-10-8-14-12(15-9-10)6-11-4-2-3-5-16-11/h8-9,11,13H,2-7H2,1H3. The zero-order valence-corrected chi connectivity index (χ0v) is 9.78. The minimum absolute atomic E-state index is 0.323. The molecule has 0 aliphatic carbocycles. The van der Waals surface area contributed by atoms with E-state index in [9.17, 15) is 0 Å². The maximum Gasteiger partial charge on any atom is 0.130 e. The van der Waals surface area contributed by atoms with Crippen LogP contribution in [0, 0.1) is 0 Å². The van der Waals surface area contributed by atoms with Crippen molar-refractivity contribution in [2.24, 2.45) is 0 Å². The average Bonchev–Trinajstić information content (AvgIpc) is 2.33. The minimum Gasteiger partial charge on any atom is -0.378 e. The summed E-state index contributed by atoms with van der Waals surface area (Å²) in [6.07, 6.45) is 8.55. The number of ether oxygens (including phenoxy) is 1. The normalized spacial score (nSPS) is 20.9. The highest BCUT2D eigenvalue weighted by molar-refractivity contribution is 5.05. The van der Waals surface area contributed by atoms with E-state index in [1.54, 1.807) is 0 Å². The van der Waals surface area contributed by atoms with Crippen molar-refractivity contribution in [2.45, 2.75) is 38.3 Å². The van der Waals surface area contributed by atoms with Crippen molar-refractivity contribution < 1.29 is 4.74 Å². The van der Waals surface area contributed by atoms with E-state index in [0.717, 1.165) is 37.4 Å². The summed E-state index contributed by atoms with van der Waals surface area (Å²) in [5, 5.41) is 3.08. The molecule has 4 heteroatoms. The van der Waals surface area contributed by atoms with Gasteiger partial charge in [-0.2, -0.15) is 0 Å². The van der Waals surface area contributed by atoms with Crippen LogP contribution in [0.2, 0.25) is 0 Å². The molecule has 2 rings (SSSR count). The third kappa shape index (κ3) is 3.25. The molecule has 1 atom stereocenters. The number of rotatable bonds is 4. The lowest BCUT2D eigenvalue weighted by atomic mass is 10.1. The van der Waals surface area contributed by atoms with E-state index in [1.165, 1.54) is 12.8 Å². The molecule has 4 nitrogen and oxygen atoms in total. The van der Waals surface area contributed by atoms with E-state index in [2.05, 4.69) is 15.3 Å². The van der Waals surface area contributed by atoms with Crippen molar-refractivity contribution in [3.8, 4) is 0 Å². The first-order valence-electron chi connectivity index (χ1n) is 5.94. The van der Waals surface area contributed by atoms with Gasteiger partial charge < -0.3 is 10.1 Å². The van der Waals surface area contributed by atoms with Gasteiger partial charge in [-0.25, -0.2) is 9.97 Å². The molecule has 1 aromatic heterocycles. The molecule has 1 fully saturated rings. The van der Waals surface area contributed by atoms with Gasteiger partial charge >= 0.3 is 0 Å². The predicted octanol–water partition coefficient (Wildman–Crippen LogP) is 1.31. The molecule has 1 saturated heterocycles. The monoisotopic (exact) mass is 221 g/mol. The lowest BCUT2D eigenvalue weighted by molar-refractivity contribution is 0.0156. The van der Waals surface area contributed by atoms with E-state index in [4.69, 9.17) is 4.74 Å². The van der Waals surface area contributed by atoms with Crippen LogP contribution >= 0.6 is 0 Å². The molecule has 16 heavy (non-hydrogen) atoms. The molecule has 1 unspecified atom stereocenters. The second kappa shape index (κ2) is 5.92. The van der Waals surface area contributed by atoms with E-state index >= 15 is 0 Å². The Morgan fingerprint density at radius 1 is 1.38 bits per heavy atom. The van der Waals surface area contributed by atoms with Gasteiger partial charge in [0.05, 0.1) is 6.10 Å². The van der Waals surface area contributed by atoms with Gasteiger partial charge in [-0.3, -0.25) is 0 Å². The van der Waals surface area contributed by atoms with Crippen LogP contribution in [0.1, 0.15) is 30.7 Å². The molecule has 0 radical (unpaired) electrons. The van der Waals surface area contributed by atoms with Crippen LogP contribution in [0.15, 0.2) is 12.4 Å². The van der Waals surface area contributed by atoms with E-state index in [1.807, 2.05) is 19.4 Å². The topological polar surface area (TPSA) is 47.0 Å². The van der Waals surface area contributed by atoms with Crippen LogP contribution < -0.4 is 5.32 Å². The second-order valence-corrected chi connectivity index (χ2v) is 4.23. The van der Waals surface area contributed by atoms with Gasteiger partial charge in [-0.1, -0.05) is 0 Å². The average molecular weight is 221 g/mol. The molecule has 2 heterocycles. The quantitative estimate of drug-likeness (QED) is 0.832. The van der Waals surface area contributed by atoms with Crippen molar-refractivity contribution in [3.05, 3.63) is 23.8 Å². The third-order valence-electron chi connectivity index (χ3n) is 2.82. The van der Waals surface area contributed by atoms with Gasteiger partial charge in [0.15, 0.2) is 0 Å². The Morgan fingerprint density at radius 3 is 2.81 bits per heavy atom. The summed E-state index contributed by atoms with van der Waals surface area (Å²) in [7, 11) is 1.92. The maximum absolute atomic E-state index is 5.67. The van der Waals surface area contributed by atoms with Crippen LogP contribution in [0.3, 0.4) is 0 Å². The Labute approximate surface area is 96.4 Å². The Hall–Kier alpha value is -1.00. The SMILES string of the molecule is CNCc1cnc(CC2CCCCO2)nc1. The molecule has 1 N–H and O–H groups in total. The highest BCUT2D eigenvalue weighted by atomic mass is 16.5. The Balaban J connectivity index is 1.88. The van der Waals surface area contributed by atoms with Crippen LogP contribution in [0.25, 0.3) is 0 Å². The molecule has 0 aromatic carbocycles. The zero-order chi connectivity index (χ0) is 11.2. The van der Waals surface area contributed by atoms with Crippen molar-refractivity contribution in [1.29, 1.82) is 0 Å². The molecule has 1 aromatic rings. The molecule has 0 bridgehead atoms. The van der Waals surface area contributed by atoms with Crippen LogP contribution in [0.5, 0.6) is 0 Å². The Bertz CT molecular complexity index is 307. The van der Waals surface area contributed by atoms with Crippen LogP contribution in [-0.4, -0.2) is 29.7 Å². The van der Waals surface area contributed by atoms with Gasteiger partial charge in [0.25, 0.3) is 0 Å². The van der Waals surface area contributed by atoms with E-state index < -0.39 is 0 Å². The molecule has 0 saturated carbocycles. The fourth-order valence-corrected chi connectivity index (χ4v) is 1.95. The molecular formula is C12H19N3O. The number of nitrogens with zero attached hydrogens (tertiary/aromatic N) is 2. The Kier molecular flexibility index (Phi) is 4.25. The first-order chi connectivity index (χ1) is 7.88. The second-order valence-electron chi connectivity index (χ2n) is 4.23. The summed E-state index contributed by atoms with van der Waals surface area (Å²) < 4.78 is 5.67. The first kappa shape index (κ1) is 11.5. The highest BCUT2D eigenvalue weighted by Crippen LogP contribution is 2.15. The molecule has 0 spiro atoms. The summed E-state index contributed by atoms with van der Waals surface area (Å²) in [6, 6.07) is 0. The van der Waals surface area contributed by atoms with Crippen LogP contribution in [0.4, 0.5) is 0 Å². The summed E-state index contributed by atoms with van der Waals surface area (Å²) >= 11 is 0. The van der Waals surface area contributed by atoms with Crippen LogP contribution in [-0.2, 0) is 17.7 Å². The third-order valence-corrected chi connectivity index (χ3v) is 2.82. The molecule has 1 aliphatic rings. The van der Waals surface area contributed by atoms with E-state index in [-0.39, 0.29) is 0 Å². The smallest absolute Gasteiger partial charge is 0.130 e. The summed E-state index contributed by atoms with van der Waals surface area (Å²) in [5.74, 6) is 0.895. The molecule has 1 aliphatic heterocycles.